The Kier molecular flexibility index (Phi) is 14.8. The van der Waals surface area contributed by atoms with Gasteiger partial charge in [-0.1, -0.05) is 18.2 Å². The third-order valence-electron chi connectivity index (χ3n) is 18.3. The average molecular weight is 1100 g/mol. The highest BCUT2D eigenvalue weighted by Gasteiger charge is 2.51. The summed E-state index contributed by atoms with van der Waals surface area (Å²) >= 11 is 0. The summed E-state index contributed by atoms with van der Waals surface area (Å²) in [5, 5.41) is 26.8. The molecule has 79 heavy (non-hydrogen) atoms. The molecular formula is C59H75N9O10S. The van der Waals surface area contributed by atoms with Crippen LogP contribution < -0.4 is 29.3 Å². The Morgan fingerprint density at radius 1 is 0.911 bits per heavy atom. The average Bonchev–Trinajstić information content (AvgIpc) is 3.91. The number of sulfonamides is 1. The zero-order chi connectivity index (χ0) is 54.6. The van der Waals surface area contributed by atoms with E-state index in [1.54, 1.807) is 6.07 Å². The van der Waals surface area contributed by atoms with Gasteiger partial charge in [0.05, 0.1) is 58.1 Å². The molecule has 6 fully saturated rings. The van der Waals surface area contributed by atoms with Crippen LogP contribution in [-0.4, -0.2) is 146 Å². The van der Waals surface area contributed by atoms with E-state index >= 15 is 0 Å². The summed E-state index contributed by atoms with van der Waals surface area (Å²) < 4.78 is 55.7. The number of carbonyl (C=O) groups is 1. The molecule has 0 bridgehead atoms. The number of nitro benzene ring substituents is 1. The summed E-state index contributed by atoms with van der Waals surface area (Å²) in [5.74, 6) is 0.667. The Labute approximate surface area is 462 Å². The van der Waals surface area contributed by atoms with Gasteiger partial charge in [-0.25, -0.2) is 13.1 Å². The molecule has 19 nitrogen and oxygen atoms in total. The number of carbonyl (C=O) groups excluding carboxylic acids is 1. The standard InChI is InChI=1S/C59H75N9O10S/c1-38(2)77-53-7-5-4-6-45(53)51-36-65(41-15-27-75-28-16-41)25-26-66(51)43-33-59(34-43)20-23-64(24-21-59)42-8-10-46(48(31-42)67-50-30-40-14-22-60-55(40)62-57(50)78-54-17-29-76-37-52(54)67)56(69)63-79(73,74)44-9-11-47(49(32-44)68(71)72)61-35-39-12-18-58(3,70)19-13-39/h4-11,14,22,30-32,38-39,41,43,51-52,54,61,70H,12-13,15-21,23-29,33-37H2,1-3H3,(H,60,62)(H,63,69)/t39-,51-,52+,54+,58-/m1/s1. The van der Waals surface area contributed by atoms with Gasteiger partial charge in [0.1, 0.15) is 28.9 Å². The number of aromatic amines is 1. The van der Waals surface area contributed by atoms with Crippen LogP contribution in [0.1, 0.15) is 113 Å². The molecule has 0 radical (unpaired) electrons. The monoisotopic (exact) mass is 1100 g/mol. The second-order valence-corrected chi connectivity index (χ2v) is 25.6. The minimum absolute atomic E-state index is 0.0711. The third-order valence-corrected chi connectivity index (χ3v) is 19.7. The Bertz CT molecular complexity index is 3160. The number of pyridine rings is 1. The number of nitrogens with zero attached hydrogens (tertiary/aromatic N) is 6. The molecule has 5 aromatic rings. The van der Waals surface area contributed by atoms with Gasteiger partial charge in [0.25, 0.3) is 21.6 Å². The van der Waals surface area contributed by atoms with Gasteiger partial charge in [0.2, 0.25) is 5.88 Å². The van der Waals surface area contributed by atoms with Crippen molar-refractivity contribution >= 4 is 55.4 Å². The van der Waals surface area contributed by atoms with Crippen LogP contribution in [0.15, 0.2) is 83.9 Å². The van der Waals surface area contributed by atoms with Crippen molar-refractivity contribution in [3.63, 3.8) is 0 Å². The number of ether oxygens (including phenoxy) is 4. The summed E-state index contributed by atoms with van der Waals surface area (Å²) in [5.41, 5.74) is 3.25. The number of hydrogen-bond acceptors (Lipinski definition) is 16. The number of anilines is 4. The molecule has 3 atom stereocenters. The molecule has 1 spiro atoms. The Morgan fingerprint density at radius 3 is 2.46 bits per heavy atom. The van der Waals surface area contributed by atoms with Gasteiger partial charge in [0, 0.05) is 99.9 Å². The summed E-state index contributed by atoms with van der Waals surface area (Å²) in [7, 11) is -4.64. The van der Waals surface area contributed by atoms with Crippen LogP contribution in [0.3, 0.4) is 0 Å². The fourth-order valence-corrected chi connectivity index (χ4v) is 14.8. The molecule has 7 heterocycles. The molecule has 0 unspecified atom stereocenters. The van der Waals surface area contributed by atoms with E-state index in [2.05, 4.69) is 67.8 Å². The van der Waals surface area contributed by atoms with Crippen LogP contribution in [0.2, 0.25) is 0 Å². The number of rotatable bonds is 14. The summed E-state index contributed by atoms with van der Waals surface area (Å²) in [6.07, 6.45) is 11.3. The van der Waals surface area contributed by atoms with Crippen LogP contribution in [-0.2, 0) is 19.5 Å². The number of fused-ring (bicyclic) bond motifs is 3. The first kappa shape index (κ1) is 53.6. The van der Waals surface area contributed by atoms with E-state index in [1.165, 1.54) is 17.7 Å². The second kappa shape index (κ2) is 21.8. The number of nitro groups is 1. The third kappa shape index (κ3) is 11.0. The molecule has 2 aliphatic carbocycles. The zero-order valence-electron chi connectivity index (χ0n) is 45.6. The normalized spacial score (nSPS) is 26.0. The molecule has 2 saturated carbocycles. The van der Waals surface area contributed by atoms with E-state index in [0.29, 0.717) is 74.0 Å². The fourth-order valence-electron chi connectivity index (χ4n) is 13.9. The van der Waals surface area contributed by atoms with Crippen molar-refractivity contribution in [2.45, 2.75) is 138 Å². The van der Waals surface area contributed by atoms with Crippen LogP contribution in [0.5, 0.6) is 11.6 Å². The first-order valence-electron chi connectivity index (χ1n) is 28.6. The Hall–Kier alpha value is -6.03. The molecule has 1 amide bonds. The molecule has 7 aliphatic rings. The van der Waals surface area contributed by atoms with Gasteiger partial charge in [0.15, 0.2) is 0 Å². The number of H-pyrrole nitrogens is 1. The molecule has 20 heteroatoms. The van der Waals surface area contributed by atoms with Crippen molar-refractivity contribution in [3.8, 4) is 11.6 Å². The van der Waals surface area contributed by atoms with E-state index < -0.39 is 37.0 Å². The number of aliphatic hydroxyl groups is 1. The molecule has 4 N–H and O–H groups in total. The van der Waals surface area contributed by atoms with Crippen molar-refractivity contribution in [1.29, 1.82) is 0 Å². The summed E-state index contributed by atoms with van der Waals surface area (Å²) in [4.78, 5) is 44.2. The van der Waals surface area contributed by atoms with Gasteiger partial charge in [-0.15, -0.1) is 0 Å². The van der Waals surface area contributed by atoms with Crippen molar-refractivity contribution in [3.05, 3.63) is 100 Å². The van der Waals surface area contributed by atoms with E-state index in [1.807, 2.05) is 42.3 Å². The molecule has 4 saturated heterocycles. The highest BCUT2D eigenvalue weighted by atomic mass is 32.2. The Morgan fingerprint density at radius 2 is 1.68 bits per heavy atom. The lowest BCUT2D eigenvalue weighted by atomic mass is 9.59. The molecular weight excluding hydrogens is 1030 g/mol. The van der Waals surface area contributed by atoms with Crippen LogP contribution >= 0.6 is 0 Å². The molecule has 3 aromatic carbocycles. The highest BCUT2D eigenvalue weighted by Crippen LogP contribution is 2.54. The van der Waals surface area contributed by atoms with Gasteiger partial charge in [-0.2, -0.15) is 4.98 Å². The van der Waals surface area contributed by atoms with Crippen LogP contribution in [0.25, 0.3) is 11.0 Å². The van der Waals surface area contributed by atoms with E-state index in [9.17, 15) is 28.4 Å². The van der Waals surface area contributed by atoms with Crippen molar-refractivity contribution in [2.24, 2.45) is 11.3 Å². The SMILES string of the molecule is CC(C)Oc1ccccc1[C@H]1CN(C2CCOCC2)CCN1C1CC2(CCN(c3ccc(C(=O)NS(=O)(=O)c4ccc(NC[C@H]5CC[C@](C)(O)CC5)c([N+](=O)[O-])c4)c(N4c5cc6cc[nH]c6nc5O[C@H]5CCOC[C@@H]54)c3)CC2)C1. The van der Waals surface area contributed by atoms with E-state index in [0.717, 1.165) is 120 Å². The molecule has 2 aromatic heterocycles. The number of hydrogen-bond donors (Lipinski definition) is 4. The molecule has 12 rings (SSSR count). The zero-order valence-corrected chi connectivity index (χ0v) is 46.4. The maximum absolute atomic E-state index is 14.8. The molecule has 5 aliphatic heterocycles. The van der Waals surface area contributed by atoms with Crippen molar-refractivity contribution < 1.29 is 42.2 Å². The lowest BCUT2D eigenvalue weighted by Gasteiger charge is -2.59. The topological polar surface area (TPSA) is 217 Å². The van der Waals surface area contributed by atoms with Gasteiger partial charge < -0.3 is 44.2 Å². The maximum atomic E-state index is 14.8. The first-order chi connectivity index (χ1) is 38.1. The van der Waals surface area contributed by atoms with E-state index in [-0.39, 0.29) is 46.9 Å². The first-order valence-corrected chi connectivity index (χ1v) is 30.1. The number of nitrogens with one attached hydrogen (secondary N) is 3. The van der Waals surface area contributed by atoms with Crippen LogP contribution in [0, 0.1) is 21.4 Å². The maximum Gasteiger partial charge on any atom is 0.293 e. The second-order valence-electron chi connectivity index (χ2n) is 23.9. The lowest BCUT2D eigenvalue weighted by Crippen LogP contribution is -2.61. The van der Waals surface area contributed by atoms with Gasteiger partial charge >= 0.3 is 0 Å². The Balaban J connectivity index is 0.804. The predicted octanol–water partition coefficient (Wildman–Crippen LogP) is 8.71. The minimum Gasteiger partial charge on any atom is -0.491 e. The predicted molar refractivity (Wildman–Crippen MR) is 301 cm³/mol. The van der Waals surface area contributed by atoms with Crippen LogP contribution in [0.4, 0.5) is 28.4 Å². The number of aromatic nitrogens is 2. The van der Waals surface area contributed by atoms with Gasteiger partial charge in [-0.3, -0.25) is 24.7 Å². The summed E-state index contributed by atoms with van der Waals surface area (Å²) in [6, 6.07) is 22.6. The largest absolute Gasteiger partial charge is 0.491 e. The lowest BCUT2D eigenvalue weighted by molar-refractivity contribution is -0.384. The fraction of sp³-hybridized carbons (Fsp3) is 0.559. The summed E-state index contributed by atoms with van der Waals surface area (Å²) in [6.45, 7) is 13.5. The highest BCUT2D eigenvalue weighted by molar-refractivity contribution is 7.90. The number of para-hydroxylation sites is 1. The number of piperazine rings is 1. The smallest absolute Gasteiger partial charge is 0.293 e. The van der Waals surface area contributed by atoms with Gasteiger partial charge in [-0.05, 0) is 145 Å². The number of amides is 1. The number of benzene rings is 3. The van der Waals surface area contributed by atoms with E-state index in [4.69, 9.17) is 23.9 Å². The minimum atomic E-state index is -4.64. The number of piperidine rings is 1. The van der Waals surface area contributed by atoms with Crippen molar-refractivity contribution in [2.75, 3.05) is 80.8 Å². The van der Waals surface area contributed by atoms with Crippen molar-refractivity contribution in [1.82, 2.24) is 24.5 Å². The quantitative estimate of drug-likeness (QED) is 0.0604. The molecule has 422 valence electrons.